The fourth-order valence-electron chi connectivity index (χ4n) is 4.78. The van der Waals surface area contributed by atoms with Crippen molar-refractivity contribution >= 4 is 29.0 Å². The van der Waals surface area contributed by atoms with Gasteiger partial charge in [0.1, 0.15) is 18.1 Å². The van der Waals surface area contributed by atoms with Gasteiger partial charge in [0.2, 0.25) is 11.4 Å². The quantitative estimate of drug-likeness (QED) is 0.259. The molecule has 1 saturated heterocycles. The van der Waals surface area contributed by atoms with Crippen molar-refractivity contribution in [1.82, 2.24) is 24.8 Å². The number of likely N-dealkylation sites (tertiary alicyclic amines) is 1. The summed E-state index contributed by atoms with van der Waals surface area (Å²) in [4.78, 5) is 41.6. The lowest BCUT2D eigenvalue weighted by molar-refractivity contribution is -0.524. The summed E-state index contributed by atoms with van der Waals surface area (Å²) >= 11 is 0. The van der Waals surface area contributed by atoms with E-state index < -0.39 is 0 Å². The first-order chi connectivity index (χ1) is 18.4. The normalized spacial score (nSPS) is 15.6. The molecule has 4 N–H and O–H groups in total. The van der Waals surface area contributed by atoms with Crippen molar-refractivity contribution in [3.63, 3.8) is 0 Å². The summed E-state index contributed by atoms with van der Waals surface area (Å²) in [5.74, 6) is 1.48. The topological polar surface area (TPSA) is 124 Å². The number of carbonyl (C=O) groups is 2. The number of likely N-dealkylation sites (N-methyl/N-ethyl adjacent to an activating group) is 1. The van der Waals surface area contributed by atoms with Gasteiger partial charge in [-0.25, -0.2) is 15.0 Å². The smallest absolute Gasteiger partial charge is 0.283 e. The second-order valence-electron chi connectivity index (χ2n) is 9.52. The summed E-state index contributed by atoms with van der Waals surface area (Å²) in [5.41, 5.74) is 9.21. The molecule has 0 aliphatic carbocycles. The van der Waals surface area contributed by atoms with E-state index in [9.17, 15) is 9.59 Å². The molecule has 0 bridgehead atoms. The Labute approximate surface area is 220 Å². The summed E-state index contributed by atoms with van der Waals surface area (Å²) < 4.78 is 1.99. The molecule has 1 fully saturated rings. The van der Waals surface area contributed by atoms with Gasteiger partial charge in [-0.05, 0) is 63.3 Å². The van der Waals surface area contributed by atoms with E-state index in [4.69, 9.17) is 5.73 Å². The van der Waals surface area contributed by atoms with Gasteiger partial charge in [0.15, 0.2) is 11.5 Å². The maximum absolute atomic E-state index is 13.0. The van der Waals surface area contributed by atoms with Crippen LogP contribution >= 0.6 is 0 Å². The monoisotopic (exact) mass is 511 g/mol. The van der Waals surface area contributed by atoms with Gasteiger partial charge in [0.05, 0.1) is 6.20 Å². The van der Waals surface area contributed by atoms with Gasteiger partial charge in [-0.1, -0.05) is 12.1 Å². The van der Waals surface area contributed by atoms with Crippen molar-refractivity contribution in [3.05, 3.63) is 84.6 Å². The highest BCUT2D eigenvalue weighted by atomic mass is 16.2. The number of H-pyrrole nitrogens is 1. The Kier molecular flexibility index (Phi) is 7.14. The fourth-order valence-corrected chi connectivity index (χ4v) is 4.78. The van der Waals surface area contributed by atoms with E-state index in [0.717, 1.165) is 35.4 Å². The van der Waals surface area contributed by atoms with E-state index in [0.29, 0.717) is 30.3 Å². The highest BCUT2D eigenvalue weighted by Crippen LogP contribution is 2.33. The molecule has 0 saturated carbocycles. The average molecular weight is 512 g/mol. The van der Waals surface area contributed by atoms with Gasteiger partial charge in [-0.3, -0.25) is 9.59 Å². The largest absolute Gasteiger partial charge is 0.380 e. The molecule has 0 spiro atoms. The van der Waals surface area contributed by atoms with Gasteiger partial charge < -0.3 is 20.9 Å². The first kappa shape index (κ1) is 25.1. The fraction of sp³-hybridized carbons (Fsp3) is 0.250. The third-order valence-electron chi connectivity index (χ3n) is 6.59. The minimum Gasteiger partial charge on any atom is -0.380 e. The molecule has 1 aliphatic heterocycles. The zero-order valence-corrected chi connectivity index (χ0v) is 21.5. The number of carbonyl (C=O) groups excluding carboxylic acids is 2. The molecule has 1 aromatic carbocycles. The molecule has 2 amide bonds. The lowest BCUT2D eigenvalue weighted by Crippen LogP contribution is -2.36. The molecule has 4 aromatic rings. The number of amides is 2. The van der Waals surface area contributed by atoms with E-state index in [1.165, 1.54) is 0 Å². The molecule has 4 heterocycles. The van der Waals surface area contributed by atoms with E-state index >= 15 is 0 Å². The number of hydrogen-bond donors (Lipinski definition) is 3. The van der Waals surface area contributed by atoms with Crippen LogP contribution in [-0.4, -0.2) is 63.8 Å². The van der Waals surface area contributed by atoms with Gasteiger partial charge in [-0.2, -0.15) is 4.40 Å². The average Bonchev–Trinajstić information content (AvgIpc) is 3.55. The van der Waals surface area contributed by atoms with Gasteiger partial charge in [0.25, 0.3) is 11.7 Å². The number of nitrogen functional groups attached to an aromatic ring is 1. The highest BCUT2D eigenvalue weighted by molar-refractivity contribution is 6.04. The first-order valence-corrected chi connectivity index (χ1v) is 12.5. The zero-order valence-electron chi connectivity index (χ0n) is 21.5. The van der Waals surface area contributed by atoms with Crippen LogP contribution in [-0.2, 0) is 4.79 Å². The predicted octanol–water partition coefficient (Wildman–Crippen LogP) is 2.83. The van der Waals surface area contributed by atoms with Crippen LogP contribution < -0.4 is 15.5 Å². The van der Waals surface area contributed by atoms with Crippen molar-refractivity contribution in [2.45, 2.75) is 18.9 Å². The minimum atomic E-state index is -0.245. The summed E-state index contributed by atoms with van der Waals surface area (Å²) in [6.07, 6.45) is 10.4. The molecule has 10 nitrogen and oxygen atoms in total. The van der Waals surface area contributed by atoms with E-state index in [1.54, 1.807) is 42.7 Å². The second kappa shape index (κ2) is 10.8. The number of fused-ring (bicyclic) bond motifs is 1. The molecule has 5 rings (SSSR count). The number of aromatic nitrogens is 4. The Bertz CT molecular complexity index is 1480. The molecular weight excluding hydrogens is 480 g/mol. The number of rotatable bonds is 7. The van der Waals surface area contributed by atoms with Crippen LogP contribution in [0.1, 0.15) is 35.1 Å². The summed E-state index contributed by atoms with van der Waals surface area (Å²) in [5, 5.41) is 2.80. The van der Waals surface area contributed by atoms with E-state index in [-0.39, 0.29) is 17.9 Å². The lowest BCUT2D eigenvalue weighted by atomic mass is 10.1. The third kappa shape index (κ3) is 5.12. The number of nitrogens with two attached hydrogens (primary N) is 1. The third-order valence-corrected chi connectivity index (χ3v) is 6.59. The Morgan fingerprint density at radius 3 is 2.74 bits per heavy atom. The van der Waals surface area contributed by atoms with Crippen molar-refractivity contribution in [1.29, 1.82) is 0 Å². The molecule has 10 heteroatoms. The lowest BCUT2D eigenvalue weighted by Gasteiger charge is -2.19. The molecule has 38 heavy (non-hydrogen) atoms. The molecule has 0 radical (unpaired) electrons. The Morgan fingerprint density at radius 1 is 1.18 bits per heavy atom. The van der Waals surface area contributed by atoms with Crippen molar-refractivity contribution in [2.75, 3.05) is 38.2 Å². The maximum Gasteiger partial charge on any atom is 0.283 e. The Balaban J connectivity index is 1.45. The second-order valence-corrected chi connectivity index (χ2v) is 9.52. The Morgan fingerprint density at radius 2 is 2.00 bits per heavy atom. The summed E-state index contributed by atoms with van der Waals surface area (Å²) in [7, 11) is 3.93. The molecule has 1 unspecified atom stereocenters. The zero-order chi connectivity index (χ0) is 26.6. The summed E-state index contributed by atoms with van der Waals surface area (Å²) in [6, 6.07) is 12.5. The molecule has 3 aromatic heterocycles. The van der Waals surface area contributed by atoms with Gasteiger partial charge in [-0.15, -0.1) is 0 Å². The van der Waals surface area contributed by atoms with Crippen molar-refractivity contribution in [3.8, 4) is 11.3 Å². The Hall–Kier alpha value is -4.57. The highest BCUT2D eigenvalue weighted by Gasteiger charge is 2.37. The number of nitrogens with zero attached hydrogens (tertiary/aromatic N) is 5. The number of pyridine rings is 1. The van der Waals surface area contributed by atoms with Crippen LogP contribution in [0.15, 0.2) is 73.2 Å². The predicted molar refractivity (Wildman–Crippen MR) is 145 cm³/mol. The maximum atomic E-state index is 13.0. The molecule has 194 valence electrons. The number of nitrogens with one attached hydrogen (secondary N) is 2. The number of aromatic amines is 1. The van der Waals surface area contributed by atoms with Gasteiger partial charge in [0, 0.05) is 36.5 Å². The molecular formula is C28H31N8O2+. The van der Waals surface area contributed by atoms with Crippen LogP contribution in [0.3, 0.4) is 0 Å². The SMILES string of the molecule is CN(C)CC=CC(=O)N1CCCC1c1[nH]c(-c2ccc(C(=O)Nc3ccccn3)cc2)c2c(N)ncc[n+]12. The number of hydrogen-bond acceptors (Lipinski definition) is 6. The minimum absolute atomic E-state index is 0.00968. The van der Waals surface area contributed by atoms with Crippen LogP contribution in [0.5, 0.6) is 0 Å². The van der Waals surface area contributed by atoms with Crippen molar-refractivity contribution in [2.24, 2.45) is 0 Å². The van der Waals surface area contributed by atoms with Crippen LogP contribution in [0.4, 0.5) is 11.6 Å². The number of anilines is 2. The van der Waals surface area contributed by atoms with Gasteiger partial charge >= 0.3 is 0 Å². The van der Waals surface area contributed by atoms with Crippen molar-refractivity contribution < 1.29 is 14.0 Å². The van der Waals surface area contributed by atoms with E-state index in [2.05, 4.69) is 20.3 Å². The van der Waals surface area contributed by atoms with E-state index in [1.807, 2.05) is 58.8 Å². The van der Waals surface area contributed by atoms with Crippen LogP contribution in [0, 0.1) is 0 Å². The standard InChI is InChI=1S/C28H30N8O2/c1-34(2)16-6-9-23(37)35-17-5-7-21(35)27-33-24(25-26(29)31-15-18-36(25)27)19-10-12-20(13-11-19)28(38)32-22-8-3-4-14-30-22/h3-4,6,8-15,18,21H,5,7,16-17H2,1-2H3,(H3,29,30,31,32,38)/p+1. The number of benzene rings is 1. The van der Waals surface area contributed by atoms with Crippen LogP contribution in [0.2, 0.25) is 0 Å². The summed E-state index contributed by atoms with van der Waals surface area (Å²) in [6.45, 7) is 1.39. The molecule has 1 aliphatic rings. The van der Waals surface area contributed by atoms with Crippen LogP contribution in [0.25, 0.3) is 16.8 Å². The first-order valence-electron chi connectivity index (χ1n) is 12.5. The number of imidazole rings is 1. The molecule has 1 atom stereocenters.